The SMILES string of the molecule is C=CC(=O)N1CCC(N2CCc3c(c(N)c(C(N)=O)n3-c3ccc(Oc4ccccc4)cc3)C2)C1. The summed E-state index contributed by atoms with van der Waals surface area (Å²) in [5.74, 6) is 0.852. The molecule has 2 amide bonds. The van der Waals surface area contributed by atoms with Crippen molar-refractivity contribution in [1.82, 2.24) is 14.4 Å². The van der Waals surface area contributed by atoms with Gasteiger partial charge in [0.05, 0.1) is 5.69 Å². The summed E-state index contributed by atoms with van der Waals surface area (Å²) < 4.78 is 7.79. The molecule has 1 saturated heterocycles. The Kier molecular flexibility index (Phi) is 6.05. The van der Waals surface area contributed by atoms with Crippen molar-refractivity contribution < 1.29 is 14.3 Å². The third-order valence-corrected chi connectivity index (χ3v) is 6.89. The fourth-order valence-electron chi connectivity index (χ4n) is 5.16. The number of nitrogens with two attached hydrogens (primary N) is 2. The second-order valence-corrected chi connectivity index (χ2v) is 8.95. The first kappa shape index (κ1) is 22.7. The van der Waals surface area contributed by atoms with Crippen LogP contribution in [0.3, 0.4) is 0 Å². The van der Waals surface area contributed by atoms with E-state index >= 15 is 0 Å². The second kappa shape index (κ2) is 9.31. The lowest BCUT2D eigenvalue weighted by Crippen LogP contribution is -2.41. The van der Waals surface area contributed by atoms with Gasteiger partial charge in [-0.25, -0.2) is 0 Å². The van der Waals surface area contributed by atoms with Crippen molar-refractivity contribution in [2.45, 2.75) is 25.4 Å². The summed E-state index contributed by atoms with van der Waals surface area (Å²) in [6.45, 7) is 6.41. The van der Waals surface area contributed by atoms with E-state index in [1.807, 2.05) is 64.1 Å². The normalized spacial score (nSPS) is 17.7. The first-order chi connectivity index (χ1) is 17.0. The van der Waals surface area contributed by atoms with Crippen molar-refractivity contribution in [3.05, 3.63) is 84.2 Å². The lowest BCUT2D eigenvalue weighted by atomic mass is 10.0. The van der Waals surface area contributed by atoms with Crippen molar-refractivity contribution in [2.24, 2.45) is 5.73 Å². The van der Waals surface area contributed by atoms with Crippen molar-refractivity contribution >= 4 is 17.5 Å². The predicted octanol–water partition coefficient (Wildman–Crippen LogP) is 3.10. The van der Waals surface area contributed by atoms with Crippen molar-refractivity contribution in [2.75, 3.05) is 25.4 Å². The van der Waals surface area contributed by atoms with E-state index in [4.69, 9.17) is 16.2 Å². The van der Waals surface area contributed by atoms with Gasteiger partial charge in [0.2, 0.25) is 5.91 Å². The minimum atomic E-state index is -0.559. The summed E-state index contributed by atoms with van der Waals surface area (Å²) in [7, 11) is 0. The van der Waals surface area contributed by atoms with Crippen LogP contribution in [0.25, 0.3) is 5.69 Å². The number of primary amides is 1. The van der Waals surface area contributed by atoms with Crippen LogP contribution in [0.15, 0.2) is 67.3 Å². The lowest BCUT2D eigenvalue weighted by Gasteiger charge is -2.33. The highest BCUT2D eigenvalue weighted by Gasteiger charge is 2.35. The highest BCUT2D eigenvalue weighted by atomic mass is 16.5. The van der Waals surface area contributed by atoms with Gasteiger partial charge in [0, 0.05) is 55.6 Å². The van der Waals surface area contributed by atoms with E-state index in [9.17, 15) is 9.59 Å². The third-order valence-electron chi connectivity index (χ3n) is 6.89. The summed E-state index contributed by atoms with van der Waals surface area (Å²) in [5.41, 5.74) is 15.8. The molecular weight excluding hydrogens is 442 g/mol. The molecule has 4 N–H and O–H groups in total. The Bertz CT molecular complexity index is 1270. The molecule has 35 heavy (non-hydrogen) atoms. The van der Waals surface area contributed by atoms with E-state index in [1.165, 1.54) is 6.08 Å². The zero-order chi connectivity index (χ0) is 24.5. The van der Waals surface area contributed by atoms with Gasteiger partial charge >= 0.3 is 0 Å². The van der Waals surface area contributed by atoms with E-state index < -0.39 is 5.91 Å². The molecule has 0 bridgehead atoms. The van der Waals surface area contributed by atoms with Gasteiger partial charge < -0.3 is 25.7 Å². The highest BCUT2D eigenvalue weighted by molar-refractivity contribution is 5.98. The van der Waals surface area contributed by atoms with E-state index in [-0.39, 0.29) is 11.9 Å². The average molecular weight is 472 g/mol. The number of hydrogen-bond donors (Lipinski definition) is 2. The first-order valence-electron chi connectivity index (χ1n) is 11.8. The molecule has 1 fully saturated rings. The number of amides is 2. The number of nitrogens with zero attached hydrogens (tertiary/aromatic N) is 3. The number of carbonyl (C=O) groups excluding carboxylic acids is 2. The number of fused-ring (bicyclic) bond motifs is 1. The van der Waals surface area contributed by atoms with E-state index in [2.05, 4.69) is 11.5 Å². The smallest absolute Gasteiger partial charge is 0.267 e. The molecule has 2 aromatic carbocycles. The standard InChI is InChI=1S/C27H29N5O3/c1-2-24(33)31-14-12-19(16-31)30-15-13-23-22(17-30)25(28)26(27(29)34)32(23)18-8-10-21(11-9-18)35-20-6-4-3-5-7-20/h2-11,19H,1,12-17,28H2,(H2,29,34). The number of carbonyl (C=O) groups is 2. The molecule has 0 radical (unpaired) electrons. The van der Waals surface area contributed by atoms with Crippen LogP contribution in [-0.4, -0.2) is 51.9 Å². The number of ether oxygens (including phenoxy) is 1. The Morgan fingerprint density at radius 3 is 2.43 bits per heavy atom. The molecule has 0 aliphatic carbocycles. The molecule has 2 aliphatic rings. The molecule has 2 aliphatic heterocycles. The monoisotopic (exact) mass is 471 g/mol. The van der Waals surface area contributed by atoms with Gasteiger partial charge in [-0.05, 0) is 48.9 Å². The molecular formula is C27H29N5O3. The number of anilines is 1. The summed E-state index contributed by atoms with van der Waals surface area (Å²) >= 11 is 0. The second-order valence-electron chi connectivity index (χ2n) is 8.95. The van der Waals surface area contributed by atoms with Crippen molar-refractivity contribution in [1.29, 1.82) is 0 Å². The summed E-state index contributed by atoms with van der Waals surface area (Å²) in [4.78, 5) is 28.6. The summed E-state index contributed by atoms with van der Waals surface area (Å²) in [6.07, 6.45) is 2.99. The van der Waals surface area contributed by atoms with E-state index in [0.717, 1.165) is 48.6 Å². The van der Waals surface area contributed by atoms with Crippen LogP contribution in [0, 0.1) is 0 Å². The minimum absolute atomic E-state index is 0.0356. The molecule has 0 spiro atoms. The topological polar surface area (TPSA) is 107 Å². The Balaban J connectivity index is 1.41. The third kappa shape index (κ3) is 4.28. The lowest BCUT2D eigenvalue weighted by molar-refractivity contribution is -0.125. The maximum Gasteiger partial charge on any atom is 0.267 e. The maximum absolute atomic E-state index is 12.5. The first-order valence-corrected chi connectivity index (χ1v) is 11.8. The van der Waals surface area contributed by atoms with Gasteiger partial charge in [0.15, 0.2) is 0 Å². The van der Waals surface area contributed by atoms with Gasteiger partial charge in [-0.1, -0.05) is 24.8 Å². The number of nitrogen functional groups attached to an aromatic ring is 1. The van der Waals surface area contributed by atoms with Gasteiger partial charge in [0.1, 0.15) is 17.2 Å². The van der Waals surface area contributed by atoms with Crippen molar-refractivity contribution in [3.8, 4) is 17.2 Å². The average Bonchev–Trinajstić information content (AvgIpc) is 3.48. The van der Waals surface area contributed by atoms with E-state index in [1.54, 1.807) is 0 Å². The summed E-state index contributed by atoms with van der Waals surface area (Å²) in [5, 5.41) is 0. The van der Waals surface area contributed by atoms with Crippen LogP contribution in [-0.2, 0) is 17.8 Å². The Morgan fingerprint density at radius 1 is 1.03 bits per heavy atom. The number of likely N-dealkylation sites (tertiary alicyclic amines) is 1. The quantitative estimate of drug-likeness (QED) is 0.538. The van der Waals surface area contributed by atoms with Crippen LogP contribution in [0.4, 0.5) is 5.69 Å². The number of para-hydroxylation sites is 1. The van der Waals surface area contributed by atoms with Gasteiger partial charge in [-0.15, -0.1) is 0 Å². The van der Waals surface area contributed by atoms with Crippen LogP contribution in [0.1, 0.15) is 28.2 Å². The fraction of sp³-hybridized carbons (Fsp3) is 0.259. The fourth-order valence-corrected chi connectivity index (χ4v) is 5.16. The minimum Gasteiger partial charge on any atom is -0.457 e. The van der Waals surface area contributed by atoms with Gasteiger partial charge in [0.25, 0.3) is 5.91 Å². The van der Waals surface area contributed by atoms with Crippen LogP contribution in [0.2, 0.25) is 0 Å². The van der Waals surface area contributed by atoms with E-state index in [0.29, 0.717) is 30.2 Å². The van der Waals surface area contributed by atoms with Crippen molar-refractivity contribution in [3.63, 3.8) is 0 Å². The maximum atomic E-state index is 12.5. The van der Waals surface area contributed by atoms with Gasteiger partial charge in [-0.2, -0.15) is 0 Å². The molecule has 3 aromatic rings. The summed E-state index contributed by atoms with van der Waals surface area (Å²) in [6, 6.07) is 17.4. The molecule has 1 atom stereocenters. The zero-order valence-corrected chi connectivity index (χ0v) is 19.5. The molecule has 8 heteroatoms. The Hall–Kier alpha value is -4.04. The molecule has 180 valence electrons. The number of rotatable bonds is 6. The molecule has 8 nitrogen and oxygen atoms in total. The predicted molar refractivity (Wildman–Crippen MR) is 135 cm³/mol. The molecule has 3 heterocycles. The zero-order valence-electron chi connectivity index (χ0n) is 19.5. The molecule has 5 rings (SSSR count). The largest absolute Gasteiger partial charge is 0.457 e. The van der Waals surface area contributed by atoms with Crippen LogP contribution < -0.4 is 16.2 Å². The Labute approximate surface area is 204 Å². The molecule has 1 aromatic heterocycles. The molecule has 1 unspecified atom stereocenters. The van der Waals surface area contributed by atoms with Gasteiger partial charge in [-0.3, -0.25) is 14.5 Å². The highest BCUT2D eigenvalue weighted by Crippen LogP contribution is 2.35. The molecule has 0 saturated carbocycles. The Morgan fingerprint density at radius 2 is 1.74 bits per heavy atom. The van der Waals surface area contributed by atoms with Crippen LogP contribution >= 0.6 is 0 Å². The number of hydrogen-bond acceptors (Lipinski definition) is 5. The van der Waals surface area contributed by atoms with Crippen LogP contribution in [0.5, 0.6) is 11.5 Å². The number of benzene rings is 2. The number of aromatic nitrogens is 1.